The van der Waals surface area contributed by atoms with Gasteiger partial charge >= 0.3 is 0 Å². The number of hydrogen-bond acceptors (Lipinski definition) is 7. The standard InChI is InChI=1S/C26H41N5O4S/c1-20-16-24(35-5)17-21(2)26(20)36(33,34)30(4)15-12-28-18-25(32)29(3)19-22-8-13-31(14-9-22)23-6-10-27-11-7-23/h6-7,10-11,16,22,24,28H,8-9,12-15,17-19H2,1-5H3. The van der Waals surface area contributed by atoms with Crippen molar-refractivity contribution in [3.05, 3.63) is 46.7 Å². The third-order valence-electron chi connectivity index (χ3n) is 7.14. The first-order valence-corrected chi connectivity index (χ1v) is 14.0. The smallest absolute Gasteiger partial charge is 0.243 e. The van der Waals surface area contributed by atoms with E-state index in [0.717, 1.165) is 38.0 Å². The molecule has 0 saturated carbocycles. The fourth-order valence-electron chi connectivity index (χ4n) is 4.98. The Morgan fingerprint density at radius 1 is 1.19 bits per heavy atom. The fourth-order valence-corrected chi connectivity index (χ4v) is 6.62. The Morgan fingerprint density at radius 2 is 1.86 bits per heavy atom. The van der Waals surface area contributed by atoms with Crippen LogP contribution in [0.3, 0.4) is 0 Å². The summed E-state index contributed by atoms with van der Waals surface area (Å²) in [5, 5.41) is 3.11. The molecule has 10 heteroatoms. The van der Waals surface area contributed by atoms with Crippen LogP contribution in [0.25, 0.3) is 0 Å². The number of pyridine rings is 1. The molecule has 1 aromatic rings. The highest BCUT2D eigenvalue weighted by Gasteiger charge is 2.30. The Kier molecular flexibility index (Phi) is 10.1. The molecule has 1 aromatic heterocycles. The molecule has 9 nitrogen and oxygen atoms in total. The van der Waals surface area contributed by atoms with Gasteiger partial charge in [-0.25, -0.2) is 8.42 Å². The zero-order valence-electron chi connectivity index (χ0n) is 22.2. The SMILES string of the molecule is COC1C=C(C)C(S(=O)(=O)N(C)CCNCC(=O)N(C)CC2CCN(c3ccncc3)CC2)=C(C)C1. The number of hydrogen-bond donors (Lipinski definition) is 1. The summed E-state index contributed by atoms with van der Waals surface area (Å²) >= 11 is 0. The number of allylic oxidation sites excluding steroid dienone is 1. The maximum atomic E-state index is 13.1. The van der Waals surface area contributed by atoms with E-state index >= 15 is 0 Å². The number of sulfonamides is 1. The molecule has 1 saturated heterocycles. The molecule has 1 unspecified atom stereocenters. The molecule has 0 bridgehead atoms. The third kappa shape index (κ3) is 7.15. The maximum absolute atomic E-state index is 13.1. The number of methoxy groups -OCH3 is 1. The minimum Gasteiger partial charge on any atom is -0.377 e. The Labute approximate surface area is 216 Å². The second kappa shape index (κ2) is 12.8. The monoisotopic (exact) mass is 519 g/mol. The van der Waals surface area contributed by atoms with Crippen LogP contribution >= 0.6 is 0 Å². The summed E-state index contributed by atoms with van der Waals surface area (Å²) in [6.45, 7) is 7.22. The van der Waals surface area contributed by atoms with Crippen LogP contribution in [-0.4, -0.2) is 95.1 Å². The molecule has 200 valence electrons. The molecule has 2 heterocycles. The number of amides is 1. The zero-order valence-corrected chi connectivity index (χ0v) is 23.1. The highest BCUT2D eigenvalue weighted by atomic mass is 32.2. The Morgan fingerprint density at radius 3 is 2.47 bits per heavy atom. The minimum atomic E-state index is -3.61. The van der Waals surface area contributed by atoms with Crippen molar-refractivity contribution in [1.82, 2.24) is 19.5 Å². The van der Waals surface area contributed by atoms with Crippen LogP contribution in [0.15, 0.2) is 46.7 Å². The summed E-state index contributed by atoms with van der Waals surface area (Å²) in [4.78, 5) is 21.2. The van der Waals surface area contributed by atoms with Crippen LogP contribution in [0.1, 0.15) is 33.1 Å². The molecule has 0 radical (unpaired) electrons. The summed E-state index contributed by atoms with van der Waals surface area (Å²) < 4.78 is 33.0. The van der Waals surface area contributed by atoms with Crippen LogP contribution in [0, 0.1) is 5.92 Å². The van der Waals surface area contributed by atoms with E-state index in [-0.39, 0.29) is 25.1 Å². The number of anilines is 1. The van der Waals surface area contributed by atoms with E-state index < -0.39 is 10.0 Å². The lowest BCUT2D eigenvalue weighted by Crippen LogP contribution is -2.43. The van der Waals surface area contributed by atoms with Crippen molar-refractivity contribution in [2.24, 2.45) is 5.92 Å². The molecule has 1 aliphatic heterocycles. The van der Waals surface area contributed by atoms with Gasteiger partial charge in [0.25, 0.3) is 0 Å². The van der Waals surface area contributed by atoms with Gasteiger partial charge in [0.05, 0.1) is 17.6 Å². The first kappa shape index (κ1) is 28.3. The third-order valence-corrected chi connectivity index (χ3v) is 9.33. The Bertz CT molecular complexity index is 1050. The summed E-state index contributed by atoms with van der Waals surface area (Å²) in [5.74, 6) is 0.501. The molecule has 36 heavy (non-hydrogen) atoms. The molecule has 0 aromatic carbocycles. The van der Waals surface area contributed by atoms with Crippen molar-refractivity contribution in [3.63, 3.8) is 0 Å². The van der Waals surface area contributed by atoms with Gasteiger partial charge in [-0.05, 0) is 56.7 Å². The van der Waals surface area contributed by atoms with Crippen LogP contribution in [0.4, 0.5) is 5.69 Å². The molecule has 1 fully saturated rings. The predicted octanol–water partition coefficient (Wildman–Crippen LogP) is 2.25. The van der Waals surface area contributed by atoms with Gasteiger partial charge in [0.1, 0.15) is 0 Å². The number of carbonyl (C=O) groups is 1. The van der Waals surface area contributed by atoms with Crippen molar-refractivity contribution in [2.75, 3.05) is 65.4 Å². The van der Waals surface area contributed by atoms with E-state index in [9.17, 15) is 13.2 Å². The van der Waals surface area contributed by atoms with Gasteiger partial charge in [-0.15, -0.1) is 0 Å². The molecule has 2 aliphatic rings. The molecule has 1 N–H and O–H groups in total. The summed E-state index contributed by atoms with van der Waals surface area (Å²) in [5.41, 5.74) is 2.73. The molecule has 1 aliphatic carbocycles. The van der Waals surface area contributed by atoms with Gasteiger partial charge in [-0.1, -0.05) is 11.6 Å². The van der Waals surface area contributed by atoms with Gasteiger partial charge in [0, 0.05) is 72.0 Å². The van der Waals surface area contributed by atoms with Crippen LogP contribution < -0.4 is 10.2 Å². The van der Waals surface area contributed by atoms with Gasteiger partial charge in [-0.3, -0.25) is 9.78 Å². The lowest BCUT2D eigenvalue weighted by molar-refractivity contribution is -0.129. The molecule has 0 spiro atoms. The number of ether oxygens (including phenoxy) is 1. The minimum absolute atomic E-state index is 0.0206. The molecule has 1 atom stereocenters. The van der Waals surface area contributed by atoms with E-state index in [4.69, 9.17) is 4.74 Å². The lowest BCUT2D eigenvalue weighted by atomic mass is 9.96. The van der Waals surface area contributed by atoms with Gasteiger partial charge in [-0.2, -0.15) is 4.31 Å². The van der Waals surface area contributed by atoms with Crippen molar-refractivity contribution >= 4 is 21.6 Å². The van der Waals surface area contributed by atoms with E-state index in [1.54, 1.807) is 19.1 Å². The number of rotatable bonds is 11. The first-order chi connectivity index (χ1) is 17.1. The van der Waals surface area contributed by atoms with Crippen LogP contribution in [0.5, 0.6) is 0 Å². The van der Waals surface area contributed by atoms with Crippen molar-refractivity contribution in [1.29, 1.82) is 0 Å². The quantitative estimate of drug-likeness (QED) is 0.448. The second-order valence-electron chi connectivity index (χ2n) is 9.85. The Hall–Kier alpha value is -2.27. The van der Waals surface area contributed by atoms with Crippen molar-refractivity contribution < 1.29 is 17.9 Å². The average Bonchev–Trinajstić information content (AvgIpc) is 2.86. The number of piperidine rings is 1. The van der Waals surface area contributed by atoms with E-state index in [1.165, 1.54) is 9.99 Å². The topological polar surface area (TPSA) is 95.1 Å². The number of nitrogens with one attached hydrogen (secondary N) is 1. The van der Waals surface area contributed by atoms with Gasteiger partial charge < -0.3 is 19.9 Å². The maximum Gasteiger partial charge on any atom is 0.243 e. The normalized spacial score (nSPS) is 19.6. The highest BCUT2D eigenvalue weighted by molar-refractivity contribution is 7.93. The Balaban J connectivity index is 1.39. The van der Waals surface area contributed by atoms with E-state index in [2.05, 4.69) is 15.2 Å². The van der Waals surface area contributed by atoms with Gasteiger partial charge in [0.2, 0.25) is 15.9 Å². The van der Waals surface area contributed by atoms with Crippen molar-refractivity contribution in [3.8, 4) is 0 Å². The number of nitrogens with zero attached hydrogens (tertiary/aromatic N) is 4. The van der Waals surface area contributed by atoms with Crippen LogP contribution in [-0.2, 0) is 19.6 Å². The zero-order chi connectivity index (χ0) is 26.3. The largest absolute Gasteiger partial charge is 0.377 e. The summed E-state index contributed by atoms with van der Waals surface area (Å²) in [6.07, 6.45) is 8.07. The lowest BCUT2D eigenvalue weighted by Gasteiger charge is -2.35. The summed E-state index contributed by atoms with van der Waals surface area (Å²) in [7, 11) is 1.45. The molecule has 3 rings (SSSR count). The predicted molar refractivity (Wildman–Crippen MR) is 143 cm³/mol. The number of aromatic nitrogens is 1. The van der Waals surface area contributed by atoms with Crippen LogP contribution in [0.2, 0.25) is 0 Å². The number of carbonyl (C=O) groups excluding carboxylic acids is 1. The second-order valence-corrected chi connectivity index (χ2v) is 11.8. The van der Waals surface area contributed by atoms with Gasteiger partial charge in [0.15, 0.2) is 0 Å². The molecular formula is C26H41N5O4S. The first-order valence-electron chi connectivity index (χ1n) is 12.6. The van der Waals surface area contributed by atoms with E-state index in [1.807, 2.05) is 51.5 Å². The number of likely N-dealkylation sites (N-methyl/N-ethyl adjacent to an activating group) is 2. The fraction of sp³-hybridized carbons (Fsp3) is 0.615. The summed E-state index contributed by atoms with van der Waals surface area (Å²) in [6, 6.07) is 4.07. The average molecular weight is 520 g/mol. The van der Waals surface area contributed by atoms with Crippen molar-refractivity contribution in [2.45, 2.75) is 39.2 Å². The molecular weight excluding hydrogens is 478 g/mol. The molecule has 1 amide bonds. The highest BCUT2D eigenvalue weighted by Crippen LogP contribution is 2.31. The van der Waals surface area contributed by atoms with E-state index in [0.29, 0.717) is 29.4 Å².